The van der Waals surface area contributed by atoms with Crippen LogP contribution in [-0.2, 0) is 3.79 Å². The number of alkyl halides is 3. The van der Waals surface area contributed by atoms with Crippen LogP contribution < -0.4 is 0 Å². The van der Waals surface area contributed by atoms with E-state index in [1.807, 2.05) is 0 Å². The number of aromatic nitrogens is 1. The molecule has 1 rings (SSSR count). The lowest BCUT2D eigenvalue weighted by atomic mass is 10.3. The maximum atomic E-state index is 12.2. The quantitative estimate of drug-likeness (QED) is 0.478. The number of hydrogen-bond acceptors (Lipinski definition) is 1. The van der Waals surface area contributed by atoms with Gasteiger partial charge in [-0.3, -0.25) is 0 Å². The highest BCUT2D eigenvalue weighted by molar-refractivity contribution is 6.66. The van der Waals surface area contributed by atoms with Gasteiger partial charge in [0.15, 0.2) is 0 Å². The van der Waals surface area contributed by atoms with Crippen LogP contribution in [0.15, 0.2) is 18.3 Å². The summed E-state index contributed by atoms with van der Waals surface area (Å²) in [6, 6.07) is 2.51. The lowest BCUT2D eigenvalue weighted by molar-refractivity contribution is 0.582. The molecule has 0 aliphatic heterocycles. The molecule has 0 radical (unpaired) electrons. The summed E-state index contributed by atoms with van der Waals surface area (Å²) in [5, 5.41) is 0. The highest BCUT2D eigenvalue weighted by Crippen LogP contribution is 2.37. The number of rotatable bonds is 0. The molecular weight excluding hydrogens is 211 g/mol. The summed E-state index contributed by atoms with van der Waals surface area (Å²) >= 11 is 16.4. The van der Waals surface area contributed by atoms with Crippen molar-refractivity contribution >= 4 is 34.8 Å². The summed E-state index contributed by atoms with van der Waals surface area (Å²) in [5.74, 6) is -0.594. The molecule has 0 aliphatic rings. The topological polar surface area (TPSA) is 12.9 Å². The van der Waals surface area contributed by atoms with Crippen LogP contribution in [0.1, 0.15) is 5.56 Å². The van der Waals surface area contributed by atoms with Crippen molar-refractivity contribution in [2.75, 3.05) is 0 Å². The van der Waals surface area contributed by atoms with E-state index in [0.29, 0.717) is 5.56 Å². The van der Waals surface area contributed by atoms with E-state index in [-0.39, 0.29) is 0 Å². The summed E-state index contributed by atoms with van der Waals surface area (Å²) in [5.41, 5.74) is 0.351. The zero-order valence-corrected chi connectivity index (χ0v) is 7.46. The molecule has 0 fully saturated rings. The molecule has 0 unspecified atom stereocenters. The first-order chi connectivity index (χ1) is 5.00. The summed E-state index contributed by atoms with van der Waals surface area (Å²) in [7, 11) is 0. The summed E-state index contributed by atoms with van der Waals surface area (Å²) in [6.45, 7) is 0. The Morgan fingerprint density at radius 1 is 1.27 bits per heavy atom. The van der Waals surface area contributed by atoms with Crippen LogP contribution in [0, 0.1) is 5.95 Å². The summed E-state index contributed by atoms with van der Waals surface area (Å²) in [6.07, 6.45) is 1.18. The van der Waals surface area contributed by atoms with Gasteiger partial charge < -0.3 is 0 Å². The SMILES string of the molecule is Fc1ccc(C(Cl)(Cl)Cl)cn1. The van der Waals surface area contributed by atoms with E-state index in [2.05, 4.69) is 4.98 Å². The van der Waals surface area contributed by atoms with Crippen molar-refractivity contribution in [3.63, 3.8) is 0 Å². The second kappa shape index (κ2) is 3.13. The van der Waals surface area contributed by atoms with E-state index in [1.54, 1.807) is 0 Å². The number of nitrogens with zero attached hydrogens (tertiary/aromatic N) is 1. The van der Waals surface area contributed by atoms with Gasteiger partial charge in [0.25, 0.3) is 0 Å². The van der Waals surface area contributed by atoms with Crippen LogP contribution in [0.25, 0.3) is 0 Å². The summed E-state index contributed by atoms with van der Waals surface area (Å²) < 4.78 is 10.7. The Morgan fingerprint density at radius 3 is 2.27 bits per heavy atom. The van der Waals surface area contributed by atoms with Crippen molar-refractivity contribution in [2.24, 2.45) is 0 Å². The zero-order valence-electron chi connectivity index (χ0n) is 5.19. The minimum absolute atomic E-state index is 0.351. The molecule has 11 heavy (non-hydrogen) atoms. The first-order valence-corrected chi connectivity index (χ1v) is 3.82. The molecule has 5 heteroatoms. The summed E-state index contributed by atoms with van der Waals surface area (Å²) in [4.78, 5) is 3.33. The Hall–Kier alpha value is -0.0500. The molecule has 1 aromatic rings. The average Bonchev–Trinajstić information content (AvgIpc) is 1.86. The Balaban J connectivity index is 2.99. The molecule has 0 saturated carbocycles. The third-order valence-corrected chi connectivity index (χ3v) is 1.71. The molecule has 0 N–H and O–H groups in total. The molecule has 0 aromatic carbocycles. The van der Waals surface area contributed by atoms with Crippen LogP contribution in [0.4, 0.5) is 4.39 Å². The zero-order chi connectivity index (χ0) is 8.48. The van der Waals surface area contributed by atoms with Crippen molar-refractivity contribution in [3.8, 4) is 0 Å². The molecule has 0 atom stereocenters. The molecule has 0 spiro atoms. The van der Waals surface area contributed by atoms with Crippen molar-refractivity contribution in [3.05, 3.63) is 29.8 Å². The lowest BCUT2D eigenvalue weighted by Gasteiger charge is -2.08. The van der Waals surface area contributed by atoms with E-state index >= 15 is 0 Å². The van der Waals surface area contributed by atoms with Crippen LogP contribution >= 0.6 is 34.8 Å². The Morgan fingerprint density at radius 2 is 1.91 bits per heavy atom. The molecular formula is C6H3Cl3FN. The van der Waals surface area contributed by atoms with Gasteiger partial charge in [-0.2, -0.15) is 4.39 Å². The molecule has 0 aliphatic carbocycles. The van der Waals surface area contributed by atoms with Gasteiger partial charge >= 0.3 is 0 Å². The van der Waals surface area contributed by atoms with Gasteiger partial charge in [0, 0.05) is 11.8 Å². The predicted molar refractivity (Wildman–Crippen MR) is 43.4 cm³/mol. The van der Waals surface area contributed by atoms with E-state index in [4.69, 9.17) is 34.8 Å². The van der Waals surface area contributed by atoms with Crippen LogP contribution in [-0.4, -0.2) is 4.98 Å². The van der Waals surface area contributed by atoms with E-state index in [0.717, 1.165) is 6.07 Å². The van der Waals surface area contributed by atoms with Crippen LogP contribution in [0.5, 0.6) is 0 Å². The number of halogens is 4. The Kier molecular flexibility index (Phi) is 2.58. The minimum atomic E-state index is -1.53. The number of hydrogen-bond donors (Lipinski definition) is 0. The molecule has 1 aromatic heterocycles. The van der Waals surface area contributed by atoms with Crippen molar-refractivity contribution in [1.82, 2.24) is 4.98 Å². The highest BCUT2D eigenvalue weighted by atomic mass is 35.6. The van der Waals surface area contributed by atoms with E-state index < -0.39 is 9.74 Å². The normalized spacial score (nSPS) is 11.6. The fourth-order valence-corrected chi connectivity index (χ4v) is 0.879. The Bertz CT molecular complexity index is 241. The highest BCUT2D eigenvalue weighted by Gasteiger charge is 2.22. The van der Waals surface area contributed by atoms with E-state index in [9.17, 15) is 4.39 Å². The van der Waals surface area contributed by atoms with Gasteiger partial charge in [0.1, 0.15) is 0 Å². The fourth-order valence-electron chi connectivity index (χ4n) is 0.544. The van der Waals surface area contributed by atoms with Crippen molar-refractivity contribution in [2.45, 2.75) is 3.79 Å². The molecule has 1 nitrogen and oxygen atoms in total. The minimum Gasteiger partial charge on any atom is -0.228 e. The third-order valence-electron chi connectivity index (χ3n) is 1.05. The van der Waals surface area contributed by atoms with Gasteiger partial charge in [0.2, 0.25) is 9.74 Å². The van der Waals surface area contributed by atoms with Gasteiger partial charge in [-0.05, 0) is 12.1 Å². The van der Waals surface area contributed by atoms with Gasteiger partial charge in [-0.25, -0.2) is 4.98 Å². The Labute approximate surface area is 78.1 Å². The molecule has 0 bridgehead atoms. The second-order valence-corrected chi connectivity index (χ2v) is 4.15. The van der Waals surface area contributed by atoms with Gasteiger partial charge in [-0.15, -0.1) is 0 Å². The predicted octanol–water partition coefficient (Wildman–Crippen LogP) is 3.05. The van der Waals surface area contributed by atoms with Crippen LogP contribution in [0.3, 0.4) is 0 Å². The van der Waals surface area contributed by atoms with Crippen LogP contribution in [0.2, 0.25) is 0 Å². The van der Waals surface area contributed by atoms with Gasteiger partial charge in [0.05, 0.1) is 0 Å². The van der Waals surface area contributed by atoms with Gasteiger partial charge in [-0.1, -0.05) is 34.8 Å². The number of pyridine rings is 1. The molecule has 0 amide bonds. The van der Waals surface area contributed by atoms with Crippen molar-refractivity contribution in [1.29, 1.82) is 0 Å². The second-order valence-electron chi connectivity index (χ2n) is 1.87. The first-order valence-electron chi connectivity index (χ1n) is 2.69. The standard InChI is InChI=1S/C6H3Cl3FN/c7-6(8,9)4-1-2-5(10)11-3-4/h1-3H. The largest absolute Gasteiger partial charge is 0.228 e. The first kappa shape index (κ1) is 9.04. The molecule has 60 valence electrons. The average molecular weight is 214 g/mol. The maximum absolute atomic E-state index is 12.2. The monoisotopic (exact) mass is 213 g/mol. The molecule has 0 saturated heterocycles. The third kappa shape index (κ3) is 2.47. The van der Waals surface area contributed by atoms with Crippen molar-refractivity contribution < 1.29 is 4.39 Å². The van der Waals surface area contributed by atoms with E-state index in [1.165, 1.54) is 12.3 Å². The fraction of sp³-hybridized carbons (Fsp3) is 0.167. The molecule has 1 heterocycles. The smallest absolute Gasteiger partial charge is 0.217 e. The maximum Gasteiger partial charge on any atom is 0.217 e. The lowest BCUT2D eigenvalue weighted by Crippen LogP contribution is -2.00.